The van der Waals surface area contributed by atoms with Crippen LogP contribution in [0, 0.1) is 5.82 Å². The molecule has 2 N–H and O–H groups in total. The molecule has 3 aromatic rings. The fourth-order valence-corrected chi connectivity index (χ4v) is 3.66. The first-order valence-corrected chi connectivity index (χ1v) is 8.99. The zero-order valence-electron chi connectivity index (χ0n) is 14.6. The minimum absolute atomic E-state index is 0.0138. The highest BCUT2D eigenvalue weighted by molar-refractivity contribution is 6.51. The van der Waals surface area contributed by atoms with Crippen molar-refractivity contribution in [1.82, 2.24) is 14.9 Å². The summed E-state index contributed by atoms with van der Waals surface area (Å²) in [5, 5.41) is 12.2. The summed E-state index contributed by atoms with van der Waals surface area (Å²) in [4.78, 5) is 29.5. The molecule has 8 heteroatoms. The van der Waals surface area contributed by atoms with Gasteiger partial charge in [0.25, 0.3) is 11.8 Å². The number of nitrogens with zero attached hydrogens (tertiary/aromatic N) is 2. The summed E-state index contributed by atoms with van der Waals surface area (Å²) >= 11 is 6.16. The predicted molar refractivity (Wildman–Crippen MR) is 103 cm³/mol. The van der Waals surface area contributed by atoms with Crippen molar-refractivity contribution in [3.63, 3.8) is 0 Å². The highest BCUT2D eigenvalue weighted by Crippen LogP contribution is 2.37. The van der Waals surface area contributed by atoms with Crippen LogP contribution < -0.4 is 5.32 Å². The second kappa shape index (κ2) is 7.18. The minimum Gasteiger partial charge on any atom is -0.396 e. The fourth-order valence-electron chi connectivity index (χ4n) is 3.39. The standard InChI is InChI=1S/C20H15ClFN3O3/c21-15-9-11(22)4-5-13(15)16-17(20(28)24-19(16)27)14-10-25(7-2-8-26)18-12(14)3-1-6-23-18/h1,3-6,9-10,26H,2,7-8H2,(H,24,27,28). The van der Waals surface area contributed by atoms with Gasteiger partial charge in [0.1, 0.15) is 11.5 Å². The van der Waals surface area contributed by atoms with Gasteiger partial charge in [0, 0.05) is 42.1 Å². The molecule has 0 saturated carbocycles. The lowest BCUT2D eigenvalue weighted by Crippen LogP contribution is -2.22. The number of aryl methyl sites for hydroxylation is 1. The maximum absolute atomic E-state index is 13.5. The third-order valence-electron chi connectivity index (χ3n) is 4.59. The molecule has 4 rings (SSSR count). The van der Waals surface area contributed by atoms with Gasteiger partial charge in [-0.25, -0.2) is 9.37 Å². The Labute approximate surface area is 164 Å². The highest BCUT2D eigenvalue weighted by atomic mass is 35.5. The number of fused-ring (bicyclic) bond motifs is 1. The van der Waals surface area contributed by atoms with E-state index in [4.69, 9.17) is 16.7 Å². The number of nitrogens with one attached hydrogen (secondary N) is 1. The van der Waals surface area contributed by atoms with Crippen LogP contribution in [0.25, 0.3) is 22.2 Å². The van der Waals surface area contributed by atoms with E-state index in [1.54, 1.807) is 24.5 Å². The fraction of sp³-hybridized carbons (Fsp3) is 0.150. The van der Waals surface area contributed by atoms with Gasteiger partial charge in [-0.2, -0.15) is 0 Å². The van der Waals surface area contributed by atoms with Crippen molar-refractivity contribution in [2.45, 2.75) is 13.0 Å². The van der Waals surface area contributed by atoms with Gasteiger partial charge in [-0.05, 0) is 36.8 Å². The van der Waals surface area contributed by atoms with Crippen molar-refractivity contribution in [3.8, 4) is 0 Å². The van der Waals surface area contributed by atoms with Crippen LogP contribution in [0.15, 0.2) is 42.7 Å². The van der Waals surface area contributed by atoms with Crippen molar-refractivity contribution in [1.29, 1.82) is 0 Å². The number of hydrogen-bond donors (Lipinski definition) is 2. The van der Waals surface area contributed by atoms with E-state index >= 15 is 0 Å². The maximum Gasteiger partial charge on any atom is 0.259 e. The molecule has 0 spiro atoms. The maximum atomic E-state index is 13.5. The second-order valence-corrected chi connectivity index (χ2v) is 6.75. The van der Waals surface area contributed by atoms with Crippen molar-refractivity contribution < 1.29 is 19.1 Å². The largest absolute Gasteiger partial charge is 0.396 e. The summed E-state index contributed by atoms with van der Waals surface area (Å²) in [6, 6.07) is 7.22. The summed E-state index contributed by atoms with van der Waals surface area (Å²) in [5.41, 5.74) is 1.70. The SMILES string of the molecule is O=C1NC(=O)C(c2cn(CCCO)c3ncccc23)=C1c1ccc(F)cc1Cl. The van der Waals surface area contributed by atoms with Gasteiger partial charge in [0.2, 0.25) is 0 Å². The van der Waals surface area contributed by atoms with Gasteiger partial charge in [-0.1, -0.05) is 11.6 Å². The number of hydrogen-bond acceptors (Lipinski definition) is 4. The Kier molecular flexibility index (Phi) is 4.70. The quantitative estimate of drug-likeness (QED) is 0.646. The number of halogens is 2. The van der Waals surface area contributed by atoms with Crippen molar-refractivity contribution >= 4 is 45.6 Å². The summed E-state index contributed by atoms with van der Waals surface area (Å²) < 4.78 is 15.3. The number of carbonyl (C=O) groups excluding carboxylic acids is 2. The molecule has 142 valence electrons. The van der Waals surface area contributed by atoms with Gasteiger partial charge in [0.05, 0.1) is 16.2 Å². The molecular weight excluding hydrogens is 385 g/mol. The summed E-state index contributed by atoms with van der Waals surface area (Å²) in [5.74, 6) is -1.68. The van der Waals surface area contributed by atoms with Crippen molar-refractivity contribution in [3.05, 3.63) is 64.7 Å². The van der Waals surface area contributed by atoms with Crippen molar-refractivity contribution in [2.75, 3.05) is 6.61 Å². The monoisotopic (exact) mass is 399 g/mol. The zero-order chi connectivity index (χ0) is 19.8. The van der Waals surface area contributed by atoms with Gasteiger partial charge in [-0.15, -0.1) is 0 Å². The van der Waals surface area contributed by atoms with Gasteiger partial charge < -0.3 is 9.67 Å². The number of rotatable bonds is 5. The molecular formula is C20H15ClFN3O3. The molecule has 0 atom stereocenters. The lowest BCUT2D eigenvalue weighted by atomic mass is 9.96. The first-order chi connectivity index (χ1) is 13.5. The summed E-state index contributed by atoms with van der Waals surface area (Å²) in [6.07, 6.45) is 3.88. The lowest BCUT2D eigenvalue weighted by Gasteiger charge is -2.06. The summed E-state index contributed by atoms with van der Waals surface area (Å²) in [7, 11) is 0. The molecule has 0 radical (unpaired) electrons. The Hall–Kier alpha value is -3.03. The molecule has 1 aromatic carbocycles. The first-order valence-electron chi connectivity index (χ1n) is 8.61. The van der Waals surface area contributed by atoms with Crippen LogP contribution in [0.2, 0.25) is 5.02 Å². The predicted octanol–water partition coefficient (Wildman–Crippen LogP) is 2.78. The molecule has 2 aromatic heterocycles. The average molecular weight is 400 g/mol. The van der Waals surface area contributed by atoms with E-state index in [1.165, 1.54) is 12.1 Å². The number of aliphatic hydroxyl groups is 1. The van der Waals surface area contributed by atoms with Crippen LogP contribution in [-0.4, -0.2) is 33.1 Å². The average Bonchev–Trinajstić information content (AvgIpc) is 3.17. The van der Waals surface area contributed by atoms with Crippen LogP contribution in [0.3, 0.4) is 0 Å². The van der Waals surface area contributed by atoms with E-state index < -0.39 is 17.6 Å². The number of aliphatic hydroxyl groups excluding tert-OH is 1. The van der Waals surface area contributed by atoms with Gasteiger partial charge in [0.15, 0.2) is 0 Å². The molecule has 3 heterocycles. The Morgan fingerprint density at radius 1 is 1.14 bits per heavy atom. The Balaban J connectivity index is 1.98. The smallest absolute Gasteiger partial charge is 0.259 e. The summed E-state index contributed by atoms with van der Waals surface area (Å²) in [6.45, 7) is 0.513. The highest BCUT2D eigenvalue weighted by Gasteiger charge is 2.35. The number of benzene rings is 1. The molecule has 0 fully saturated rings. The third kappa shape index (κ3) is 2.98. The molecule has 0 bridgehead atoms. The van der Waals surface area contributed by atoms with E-state index in [2.05, 4.69) is 10.3 Å². The van der Waals surface area contributed by atoms with E-state index in [-0.39, 0.29) is 28.3 Å². The molecule has 28 heavy (non-hydrogen) atoms. The Morgan fingerprint density at radius 2 is 1.89 bits per heavy atom. The number of carbonyl (C=O) groups is 2. The van der Waals surface area contributed by atoms with Crippen LogP contribution in [0.4, 0.5) is 4.39 Å². The van der Waals surface area contributed by atoms with Crippen LogP contribution in [-0.2, 0) is 16.1 Å². The van der Waals surface area contributed by atoms with Crippen LogP contribution in [0.5, 0.6) is 0 Å². The second-order valence-electron chi connectivity index (χ2n) is 6.35. The first kappa shape index (κ1) is 18.3. The molecule has 0 saturated heterocycles. The van der Waals surface area contributed by atoms with Crippen molar-refractivity contribution in [2.24, 2.45) is 0 Å². The Morgan fingerprint density at radius 3 is 2.61 bits per heavy atom. The van der Waals surface area contributed by atoms with E-state index in [1.807, 2.05) is 4.57 Å². The van der Waals surface area contributed by atoms with Gasteiger partial charge >= 0.3 is 0 Å². The van der Waals surface area contributed by atoms with Crippen LogP contribution in [0.1, 0.15) is 17.5 Å². The molecule has 0 aliphatic carbocycles. The molecule has 1 aliphatic heterocycles. The normalized spacial score (nSPS) is 14.2. The number of pyridine rings is 1. The van der Waals surface area contributed by atoms with E-state index in [0.717, 1.165) is 6.07 Å². The number of aromatic nitrogens is 2. The Bertz CT molecular complexity index is 1150. The minimum atomic E-state index is -0.589. The molecule has 2 amide bonds. The van der Waals surface area contributed by atoms with Crippen LogP contribution >= 0.6 is 11.6 Å². The zero-order valence-corrected chi connectivity index (χ0v) is 15.3. The topological polar surface area (TPSA) is 84.2 Å². The van der Waals surface area contributed by atoms with Gasteiger partial charge in [-0.3, -0.25) is 14.9 Å². The number of imide groups is 1. The number of amides is 2. The van der Waals surface area contributed by atoms with E-state index in [9.17, 15) is 14.0 Å². The third-order valence-corrected chi connectivity index (χ3v) is 4.90. The lowest BCUT2D eigenvalue weighted by molar-refractivity contribution is -0.122. The van der Waals surface area contributed by atoms with E-state index in [0.29, 0.717) is 29.6 Å². The molecule has 0 unspecified atom stereocenters. The molecule has 1 aliphatic rings. The molecule has 6 nitrogen and oxygen atoms in total.